The van der Waals surface area contributed by atoms with Crippen LogP contribution in [0.3, 0.4) is 0 Å². The molecular formula is C22H28N2O2. The van der Waals surface area contributed by atoms with E-state index < -0.39 is 0 Å². The van der Waals surface area contributed by atoms with Crippen LogP contribution in [0, 0.1) is 20.8 Å². The Morgan fingerprint density at radius 3 is 2.42 bits per heavy atom. The molecule has 4 heteroatoms. The first-order chi connectivity index (χ1) is 12.5. The average Bonchev–Trinajstić information content (AvgIpc) is 3.20. The van der Waals surface area contributed by atoms with Crippen LogP contribution in [0.2, 0.25) is 0 Å². The SMILES string of the molecule is Cc1cc(CCCCCOc2c(C)cc(-c3cccn3C)cc2C)on1. The van der Waals surface area contributed by atoms with E-state index in [0.717, 1.165) is 49.5 Å². The standard InChI is InChI=1S/C22H28N2O2/c1-16-13-19(21-10-8-11-24(21)4)14-17(2)22(16)25-12-7-5-6-9-20-15-18(3)23-26-20/h8,10-11,13-15H,5-7,9,12H2,1-4H3. The lowest BCUT2D eigenvalue weighted by atomic mass is 10.0. The summed E-state index contributed by atoms with van der Waals surface area (Å²) < 4.78 is 13.5. The molecule has 0 saturated carbocycles. The van der Waals surface area contributed by atoms with E-state index in [1.807, 2.05) is 13.0 Å². The molecule has 0 aliphatic carbocycles. The van der Waals surface area contributed by atoms with Crippen LogP contribution in [0.4, 0.5) is 0 Å². The molecule has 3 aromatic rings. The number of aromatic nitrogens is 2. The van der Waals surface area contributed by atoms with Gasteiger partial charge in [0, 0.05) is 31.4 Å². The Kier molecular flexibility index (Phi) is 5.82. The van der Waals surface area contributed by atoms with Crippen LogP contribution in [-0.4, -0.2) is 16.3 Å². The summed E-state index contributed by atoms with van der Waals surface area (Å²) in [6.07, 6.45) is 6.29. The quantitative estimate of drug-likeness (QED) is 0.510. The molecule has 0 spiro atoms. The van der Waals surface area contributed by atoms with Crippen LogP contribution in [0.5, 0.6) is 5.75 Å². The van der Waals surface area contributed by atoms with Gasteiger partial charge < -0.3 is 13.8 Å². The number of ether oxygens (including phenoxy) is 1. The second-order valence-corrected chi connectivity index (χ2v) is 7.04. The number of benzene rings is 1. The van der Waals surface area contributed by atoms with E-state index in [9.17, 15) is 0 Å². The van der Waals surface area contributed by atoms with E-state index in [1.54, 1.807) is 0 Å². The smallest absolute Gasteiger partial charge is 0.136 e. The highest BCUT2D eigenvalue weighted by Crippen LogP contribution is 2.30. The largest absolute Gasteiger partial charge is 0.493 e. The fraction of sp³-hybridized carbons (Fsp3) is 0.409. The molecule has 0 aliphatic heterocycles. The summed E-state index contributed by atoms with van der Waals surface area (Å²) in [4.78, 5) is 0. The fourth-order valence-corrected chi connectivity index (χ4v) is 3.37. The number of nitrogens with zero attached hydrogens (tertiary/aromatic N) is 2. The minimum atomic E-state index is 0.751. The molecule has 0 fully saturated rings. The summed E-state index contributed by atoms with van der Waals surface area (Å²) in [5.74, 6) is 2.00. The molecule has 3 rings (SSSR count). The van der Waals surface area contributed by atoms with Crippen molar-refractivity contribution < 1.29 is 9.26 Å². The molecule has 2 aromatic heterocycles. The molecule has 0 amide bonds. The van der Waals surface area contributed by atoms with Gasteiger partial charge >= 0.3 is 0 Å². The van der Waals surface area contributed by atoms with Gasteiger partial charge in [0.2, 0.25) is 0 Å². The lowest BCUT2D eigenvalue weighted by molar-refractivity contribution is 0.299. The second-order valence-electron chi connectivity index (χ2n) is 7.04. The Morgan fingerprint density at radius 2 is 1.81 bits per heavy atom. The second kappa shape index (κ2) is 8.26. The molecular weight excluding hydrogens is 324 g/mol. The third-order valence-electron chi connectivity index (χ3n) is 4.69. The van der Waals surface area contributed by atoms with Crippen LogP contribution in [0.15, 0.2) is 41.1 Å². The normalized spacial score (nSPS) is 11.1. The van der Waals surface area contributed by atoms with Crippen LogP contribution in [-0.2, 0) is 13.5 Å². The zero-order valence-electron chi connectivity index (χ0n) is 16.2. The summed E-state index contributed by atoms with van der Waals surface area (Å²) >= 11 is 0. The predicted octanol–water partition coefficient (Wildman–Crippen LogP) is 5.40. The number of hydrogen-bond donors (Lipinski definition) is 0. The van der Waals surface area contributed by atoms with Crippen molar-refractivity contribution in [1.29, 1.82) is 0 Å². The molecule has 26 heavy (non-hydrogen) atoms. The Bertz CT molecular complexity index is 838. The van der Waals surface area contributed by atoms with Crippen molar-refractivity contribution in [2.75, 3.05) is 6.61 Å². The molecule has 0 saturated heterocycles. The van der Waals surface area contributed by atoms with Crippen molar-refractivity contribution in [3.8, 4) is 17.0 Å². The zero-order chi connectivity index (χ0) is 18.5. The Labute approximate surface area is 155 Å². The topological polar surface area (TPSA) is 40.2 Å². The average molecular weight is 352 g/mol. The number of unbranched alkanes of at least 4 members (excludes halogenated alkanes) is 2. The van der Waals surface area contributed by atoms with Gasteiger partial charge in [-0.05, 0) is 81.0 Å². The molecule has 138 valence electrons. The highest BCUT2D eigenvalue weighted by atomic mass is 16.5. The van der Waals surface area contributed by atoms with Crippen molar-refractivity contribution in [2.45, 2.75) is 46.5 Å². The van der Waals surface area contributed by atoms with E-state index in [0.29, 0.717) is 0 Å². The Hall–Kier alpha value is -2.49. The van der Waals surface area contributed by atoms with Crippen molar-refractivity contribution in [2.24, 2.45) is 7.05 Å². The summed E-state index contributed by atoms with van der Waals surface area (Å²) in [5, 5.41) is 3.92. The Balaban J connectivity index is 1.49. The monoisotopic (exact) mass is 352 g/mol. The lowest BCUT2D eigenvalue weighted by Gasteiger charge is -2.14. The van der Waals surface area contributed by atoms with Gasteiger partial charge in [0.05, 0.1) is 12.3 Å². The zero-order valence-corrected chi connectivity index (χ0v) is 16.2. The van der Waals surface area contributed by atoms with Gasteiger partial charge in [0.1, 0.15) is 11.5 Å². The van der Waals surface area contributed by atoms with E-state index in [-0.39, 0.29) is 0 Å². The summed E-state index contributed by atoms with van der Waals surface area (Å²) in [6, 6.07) is 10.7. The first-order valence-electron chi connectivity index (χ1n) is 9.32. The van der Waals surface area contributed by atoms with E-state index in [2.05, 4.69) is 61.1 Å². The molecule has 0 bridgehead atoms. The summed E-state index contributed by atoms with van der Waals surface area (Å²) in [7, 11) is 2.07. The number of hydrogen-bond acceptors (Lipinski definition) is 3. The van der Waals surface area contributed by atoms with Gasteiger partial charge in [-0.3, -0.25) is 0 Å². The predicted molar refractivity (Wildman–Crippen MR) is 105 cm³/mol. The molecule has 0 radical (unpaired) electrons. The highest BCUT2D eigenvalue weighted by molar-refractivity contribution is 5.64. The molecule has 0 atom stereocenters. The fourth-order valence-electron chi connectivity index (χ4n) is 3.37. The maximum Gasteiger partial charge on any atom is 0.136 e. The first-order valence-corrected chi connectivity index (χ1v) is 9.32. The molecule has 1 aromatic carbocycles. The van der Waals surface area contributed by atoms with Crippen molar-refractivity contribution in [3.05, 3.63) is 59.1 Å². The van der Waals surface area contributed by atoms with E-state index in [4.69, 9.17) is 9.26 Å². The molecule has 0 aliphatic rings. The molecule has 2 heterocycles. The van der Waals surface area contributed by atoms with Crippen molar-refractivity contribution in [1.82, 2.24) is 9.72 Å². The summed E-state index contributed by atoms with van der Waals surface area (Å²) in [6.45, 7) is 6.96. The maximum absolute atomic E-state index is 6.08. The number of aryl methyl sites for hydroxylation is 5. The molecule has 0 N–H and O–H groups in total. The van der Waals surface area contributed by atoms with E-state index in [1.165, 1.54) is 22.4 Å². The van der Waals surface area contributed by atoms with Crippen molar-refractivity contribution >= 4 is 0 Å². The van der Waals surface area contributed by atoms with Gasteiger partial charge in [0.15, 0.2) is 0 Å². The van der Waals surface area contributed by atoms with Gasteiger partial charge in [-0.2, -0.15) is 0 Å². The van der Waals surface area contributed by atoms with Crippen LogP contribution >= 0.6 is 0 Å². The molecule has 4 nitrogen and oxygen atoms in total. The maximum atomic E-state index is 6.08. The lowest BCUT2D eigenvalue weighted by Crippen LogP contribution is -2.02. The third-order valence-corrected chi connectivity index (χ3v) is 4.69. The van der Waals surface area contributed by atoms with Crippen LogP contribution in [0.25, 0.3) is 11.3 Å². The van der Waals surface area contributed by atoms with Gasteiger partial charge in [-0.15, -0.1) is 0 Å². The van der Waals surface area contributed by atoms with Crippen molar-refractivity contribution in [3.63, 3.8) is 0 Å². The number of rotatable bonds is 8. The van der Waals surface area contributed by atoms with Crippen LogP contribution in [0.1, 0.15) is 41.8 Å². The minimum Gasteiger partial charge on any atom is -0.493 e. The van der Waals surface area contributed by atoms with Crippen LogP contribution < -0.4 is 4.74 Å². The summed E-state index contributed by atoms with van der Waals surface area (Å²) in [5.41, 5.74) is 5.80. The van der Waals surface area contributed by atoms with Gasteiger partial charge in [0.25, 0.3) is 0 Å². The Morgan fingerprint density at radius 1 is 1.04 bits per heavy atom. The molecule has 0 unspecified atom stereocenters. The van der Waals surface area contributed by atoms with Gasteiger partial charge in [-0.1, -0.05) is 5.16 Å². The van der Waals surface area contributed by atoms with Gasteiger partial charge in [-0.25, -0.2) is 0 Å². The third kappa shape index (κ3) is 4.37. The minimum absolute atomic E-state index is 0.751. The highest BCUT2D eigenvalue weighted by Gasteiger charge is 2.09. The first kappa shape index (κ1) is 18.3. The van der Waals surface area contributed by atoms with E-state index >= 15 is 0 Å².